The van der Waals surface area contributed by atoms with Crippen LogP contribution < -0.4 is 10.6 Å². The predicted molar refractivity (Wildman–Crippen MR) is 122 cm³/mol. The molecule has 0 saturated carbocycles. The van der Waals surface area contributed by atoms with E-state index in [1.165, 1.54) is 35.0 Å². The Hall–Kier alpha value is -2.60. The van der Waals surface area contributed by atoms with Crippen molar-refractivity contribution in [3.63, 3.8) is 0 Å². The second-order valence-electron chi connectivity index (χ2n) is 7.88. The minimum atomic E-state index is -3.46. The molecule has 1 aromatic carbocycles. The first-order valence-corrected chi connectivity index (χ1v) is 11.7. The highest BCUT2D eigenvalue weighted by Crippen LogP contribution is 2.28. The van der Waals surface area contributed by atoms with Gasteiger partial charge in [0, 0.05) is 57.6 Å². The molecule has 0 bridgehead atoms. The Kier molecular flexibility index (Phi) is 7.44. The van der Waals surface area contributed by atoms with E-state index in [1.54, 1.807) is 24.3 Å². The maximum Gasteiger partial charge on any atom is 0.323 e. The number of hydrogen-bond donors (Lipinski definition) is 2. The molecule has 2 N–H and O–H groups in total. The first-order valence-electron chi connectivity index (χ1n) is 10.3. The quantitative estimate of drug-likeness (QED) is 0.685. The van der Waals surface area contributed by atoms with Crippen molar-refractivity contribution in [1.29, 1.82) is 0 Å². The van der Waals surface area contributed by atoms with Crippen LogP contribution in [0.4, 0.5) is 20.6 Å². The van der Waals surface area contributed by atoms with Crippen LogP contribution in [0.25, 0.3) is 0 Å². The Morgan fingerprint density at radius 1 is 1.12 bits per heavy atom. The molecule has 1 aromatic heterocycles. The molecule has 174 valence electrons. The third-order valence-corrected chi connectivity index (χ3v) is 7.45. The van der Waals surface area contributed by atoms with Crippen molar-refractivity contribution in [3.05, 3.63) is 53.6 Å². The van der Waals surface area contributed by atoms with Crippen LogP contribution in [0.3, 0.4) is 0 Å². The minimum Gasteiger partial charge on any atom is -0.306 e. The van der Waals surface area contributed by atoms with Gasteiger partial charge in [-0.2, -0.15) is 17.0 Å². The molecule has 32 heavy (non-hydrogen) atoms. The number of hydrogen-bond acceptors (Lipinski definition) is 5. The lowest BCUT2D eigenvalue weighted by atomic mass is 10.0. The summed E-state index contributed by atoms with van der Waals surface area (Å²) in [5.74, 6) is -0.513. The van der Waals surface area contributed by atoms with Crippen molar-refractivity contribution in [2.45, 2.75) is 19.9 Å². The van der Waals surface area contributed by atoms with Crippen LogP contribution in [-0.2, 0) is 10.2 Å². The molecule has 2 aromatic rings. The average Bonchev–Trinajstić information content (AvgIpc) is 2.76. The number of aromatic nitrogens is 1. The van der Waals surface area contributed by atoms with Crippen LogP contribution in [-0.4, -0.2) is 73.2 Å². The number of amides is 2. The van der Waals surface area contributed by atoms with E-state index in [2.05, 4.69) is 15.6 Å². The van der Waals surface area contributed by atoms with E-state index in [0.717, 1.165) is 5.69 Å². The van der Waals surface area contributed by atoms with Gasteiger partial charge in [0.1, 0.15) is 0 Å². The largest absolute Gasteiger partial charge is 0.323 e. The Morgan fingerprint density at radius 2 is 1.81 bits per heavy atom. The van der Waals surface area contributed by atoms with E-state index in [0.29, 0.717) is 37.4 Å². The number of halogens is 1. The van der Waals surface area contributed by atoms with Crippen LogP contribution >= 0.6 is 0 Å². The first-order chi connectivity index (χ1) is 15.1. The van der Waals surface area contributed by atoms with E-state index in [4.69, 9.17) is 0 Å². The van der Waals surface area contributed by atoms with E-state index < -0.39 is 22.1 Å². The van der Waals surface area contributed by atoms with Crippen LogP contribution in [0.2, 0.25) is 0 Å². The number of nitrogens with one attached hydrogen (secondary N) is 2. The molecule has 0 spiro atoms. The fourth-order valence-corrected chi connectivity index (χ4v) is 4.63. The molecular formula is C21H29FN6O3S. The van der Waals surface area contributed by atoms with Crippen LogP contribution in [0, 0.1) is 12.7 Å². The summed E-state index contributed by atoms with van der Waals surface area (Å²) in [6.45, 7) is 5.33. The van der Waals surface area contributed by atoms with Crippen LogP contribution in [0.5, 0.6) is 0 Å². The molecule has 0 aliphatic carbocycles. The highest BCUT2D eigenvalue weighted by atomic mass is 32.2. The zero-order valence-electron chi connectivity index (χ0n) is 18.7. The third kappa shape index (κ3) is 5.41. The number of anilines is 2. The zero-order chi connectivity index (χ0) is 23.5. The Labute approximate surface area is 188 Å². The smallest absolute Gasteiger partial charge is 0.306 e. The van der Waals surface area contributed by atoms with E-state index in [-0.39, 0.29) is 11.7 Å². The summed E-state index contributed by atoms with van der Waals surface area (Å²) in [6.07, 6.45) is 1.53. The number of rotatable bonds is 6. The highest BCUT2D eigenvalue weighted by molar-refractivity contribution is 7.86. The first kappa shape index (κ1) is 24.1. The van der Waals surface area contributed by atoms with Crippen molar-refractivity contribution in [1.82, 2.24) is 18.5 Å². The lowest BCUT2D eigenvalue weighted by Gasteiger charge is -2.38. The molecule has 2 amide bonds. The SMILES string of the molecule is Cc1ccc(NC(=O)Nc2cccc([C@H](C)N3CCN(S(=O)(=O)N(C)C)CC3)c2F)cn1. The molecule has 1 aliphatic heterocycles. The fourth-order valence-electron chi connectivity index (χ4n) is 3.54. The van der Waals surface area contributed by atoms with Gasteiger partial charge >= 0.3 is 6.03 Å². The van der Waals surface area contributed by atoms with Gasteiger partial charge in [-0.1, -0.05) is 12.1 Å². The van der Waals surface area contributed by atoms with Crippen LogP contribution in [0.15, 0.2) is 36.5 Å². The van der Waals surface area contributed by atoms with Gasteiger partial charge in [-0.3, -0.25) is 9.88 Å². The summed E-state index contributed by atoms with van der Waals surface area (Å²) in [5, 5.41) is 5.18. The van der Waals surface area contributed by atoms with E-state index >= 15 is 4.39 Å². The Balaban J connectivity index is 1.66. The molecule has 0 radical (unpaired) electrons. The van der Waals surface area contributed by atoms with Gasteiger partial charge in [0.15, 0.2) is 5.82 Å². The second-order valence-corrected chi connectivity index (χ2v) is 10.0. The molecule has 9 nitrogen and oxygen atoms in total. The summed E-state index contributed by atoms with van der Waals surface area (Å²) in [4.78, 5) is 18.4. The van der Waals surface area contributed by atoms with Gasteiger partial charge < -0.3 is 10.6 Å². The summed E-state index contributed by atoms with van der Waals surface area (Å²) in [7, 11) is -0.456. The predicted octanol–water partition coefficient (Wildman–Crippen LogP) is 2.66. The van der Waals surface area contributed by atoms with Gasteiger partial charge in [0.25, 0.3) is 10.2 Å². The Morgan fingerprint density at radius 3 is 2.41 bits per heavy atom. The maximum atomic E-state index is 15.2. The van der Waals surface area contributed by atoms with Crippen molar-refractivity contribution >= 4 is 27.6 Å². The molecule has 1 fully saturated rings. The summed E-state index contributed by atoms with van der Waals surface area (Å²) < 4.78 is 42.4. The van der Waals surface area contributed by atoms with Crippen molar-refractivity contribution in [2.75, 3.05) is 50.9 Å². The number of nitrogens with zero attached hydrogens (tertiary/aromatic N) is 4. The second kappa shape index (κ2) is 9.90. The summed E-state index contributed by atoms with van der Waals surface area (Å²) in [5.41, 5.74) is 1.83. The van der Waals surface area contributed by atoms with Crippen molar-refractivity contribution < 1.29 is 17.6 Å². The van der Waals surface area contributed by atoms with Crippen molar-refractivity contribution in [2.24, 2.45) is 0 Å². The van der Waals surface area contributed by atoms with Gasteiger partial charge in [0.2, 0.25) is 0 Å². The fraction of sp³-hybridized carbons (Fsp3) is 0.429. The minimum absolute atomic E-state index is 0.0701. The maximum absolute atomic E-state index is 15.2. The monoisotopic (exact) mass is 464 g/mol. The van der Waals surface area contributed by atoms with E-state index in [9.17, 15) is 13.2 Å². The zero-order valence-corrected chi connectivity index (χ0v) is 19.5. The molecule has 11 heteroatoms. The molecular weight excluding hydrogens is 435 g/mol. The number of benzene rings is 1. The van der Waals surface area contributed by atoms with Crippen molar-refractivity contribution in [3.8, 4) is 0 Å². The average molecular weight is 465 g/mol. The summed E-state index contributed by atoms with van der Waals surface area (Å²) in [6, 6.07) is 7.49. The highest BCUT2D eigenvalue weighted by Gasteiger charge is 2.31. The topological polar surface area (TPSA) is 97.9 Å². The Bertz CT molecular complexity index is 1050. The normalized spacial score (nSPS) is 16.7. The molecule has 3 rings (SSSR count). The van der Waals surface area contributed by atoms with Gasteiger partial charge in [-0.05, 0) is 32.0 Å². The standard InChI is InChI=1S/C21H29FN6O3S/c1-15-8-9-17(14-23-15)24-21(29)25-19-7-5-6-18(20(19)22)16(2)27-10-12-28(13-11-27)32(30,31)26(3)4/h5-9,14,16H,10-13H2,1-4H3,(H2,24,25,29)/t16-/m0/s1. The number of piperazine rings is 1. The lowest BCUT2D eigenvalue weighted by Crippen LogP contribution is -2.52. The number of pyridine rings is 1. The number of carbonyl (C=O) groups excluding carboxylic acids is 1. The number of carbonyl (C=O) groups is 1. The third-order valence-electron chi connectivity index (χ3n) is 5.50. The van der Waals surface area contributed by atoms with Gasteiger partial charge in [-0.25, -0.2) is 9.18 Å². The molecule has 0 unspecified atom stereocenters. The molecule has 1 saturated heterocycles. The van der Waals surface area contributed by atoms with Crippen LogP contribution in [0.1, 0.15) is 24.2 Å². The molecule has 2 heterocycles. The number of aryl methyl sites for hydroxylation is 1. The molecule has 1 atom stereocenters. The number of urea groups is 1. The lowest BCUT2D eigenvalue weighted by molar-refractivity contribution is 0.141. The summed E-state index contributed by atoms with van der Waals surface area (Å²) >= 11 is 0. The van der Waals surface area contributed by atoms with Gasteiger partial charge in [-0.15, -0.1) is 0 Å². The molecule has 1 aliphatic rings. The van der Waals surface area contributed by atoms with Gasteiger partial charge in [0.05, 0.1) is 17.6 Å². The van der Waals surface area contributed by atoms with E-state index in [1.807, 2.05) is 18.7 Å².